The van der Waals surface area contributed by atoms with Crippen molar-refractivity contribution in [2.75, 3.05) is 14.2 Å². The molecule has 0 spiro atoms. The molecule has 0 saturated carbocycles. The van der Waals surface area contributed by atoms with E-state index in [2.05, 4.69) is 57.2 Å². The van der Waals surface area contributed by atoms with Crippen LogP contribution in [0.5, 0.6) is 5.75 Å². The van der Waals surface area contributed by atoms with Crippen molar-refractivity contribution in [3.8, 4) is 5.75 Å². The monoisotopic (exact) mass is 354 g/mol. The van der Waals surface area contributed by atoms with Crippen LogP contribution in [0, 0.1) is 3.57 Å². The molecule has 1 unspecified atom stereocenters. The summed E-state index contributed by atoms with van der Waals surface area (Å²) in [6.07, 6.45) is 3.58. The molecule has 2 rings (SSSR count). The lowest BCUT2D eigenvalue weighted by atomic mass is 10.0. The van der Waals surface area contributed by atoms with Crippen LogP contribution >= 0.6 is 22.6 Å². The summed E-state index contributed by atoms with van der Waals surface area (Å²) in [6.45, 7) is 0. The Bertz CT molecular complexity index is 513. The van der Waals surface area contributed by atoms with Crippen molar-refractivity contribution in [1.29, 1.82) is 0 Å². The smallest absolute Gasteiger partial charge is 0.137 e. The van der Waals surface area contributed by atoms with Crippen LogP contribution in [0.25, 0.3) is 0 Å². The molecule has 0 aliphatic carbocycles. The maximum absolute atomic E-state index is 5.21. The second-order valence-electron chi connectivity index (χ2n) is 3.93. The van der Waals surface area contributed by atoms with Crippen LogP contribution in [0.2, 0.25) is 0 Å². The number of nitrogens with zero attached hydrogens (tertiary/aromatic N) is 1. The van der Waals surface area contributed by atoms with Crippen LogP contribution < -0.4 is 10.1 Å². The quantitative estimate of drug-likeness (QED) is 0.858. The van der Waals surface area contributed by atoms with E-state index in [0.29, 0.717) is 0 Å². The molecule has 2 aromatic rings. The Morgan fingerprint density at radius 3 is 2.50 bits per heavy atom. The van der Waals surface area contributed by atoms with E-state index in [1.165, 1.54) is 9.13 Å². The van der Waals surface area contributed by atoms with Gasteiger partial charge in [0, 0.05) is 9.77 Å². The lowest BCUT2D eigenvalue weighted by Crippen LogP contribution is -2.17. The number of benzene rings is 1. The maximum atomic E-state index is 5.21. The molecule has 1 aromatic carbocycles. The van der Waals surface area contributed by atoms with E-state index < -0.39 is 0 Å². The summed E-state index contributed by atoms with van der Waals surface area (Å²) in [5.41, 5.74) is 2.31. The third-order valence-corrected chi connectivity index (χ3v) is 3.51. The van der Waals surface area contributed by atoms with Crippen molar-refractivity contribution in [3.63, 3.8) is 0 Å². The lowest BCUT2D eigenvalue weighted by molar-refractivity contribution is 0.411. The van der Waals surface area contributed by atoms with Gasteiger partial charge in [0.2, 0.25) is 0 Å². The minimum absolute atomic E-state index is 0.129. The van der Waals surface area contributed by atoms with Gasteiger partial charge in [0.25, 0.3) is 0 Å². The summed E-state index contributed by atoms with van der Waals surface area (Å²) in [6, 6.07) is 10.6. The van der Waals surface area contributed by atoms with Crippen LogP contribution in [0.15, 0.2) is 42.7 Å². The fourth-order valence-corrected chi connectivity index (χ4v) is 2.25. The van der Waals surface area contributed by atoms with Crippen LogP contribution in [0.4, 0.5) is 0 Å². The Balaban J connectivity index is 2.35. The summed E-state index contributed by atoms with van der Waals surface area (Å²) < 4.78 is 6.44. The van der Waals surface area contributed by atoms with Crippen LogP contribution in [0.3, 0.4) is 0 Å². The largest absolute Gasteiger partial charge is 0.495 e. The zero-order valence-electron chi connectivity index (χ0n) is 10.4. The van der Waals surface area contributed by atoms with E-state index in [0.717, 1.165) is 11.3 Å². The molecule has 0 aliphatic heterocycles. The molecule has 1 aromatic heterocycles. The standard InChI is InChI=1S/C14H15IN2O/c1-16-14(10-3-5-12(15)6-4-10)11-7-13(18-2)9-17-8-11/h3-9,14,16H,1-2H3. The molecule has 1 atom stereocenters. The number of methoxy groups -OCH3 is 1. The summed E-state index contributed by atoms with van der Waals surface area (Å²) in [5.74, 6) is 0.776. The highest BCUT2D eigenvalue weighted by atomic mass is 127. The molecular formula is C14H15IN2O. The Hall–Kier alpha value is -1.14. The van der Waals surface area contributed by atoms with E-state index in [9.17, 15) is 0 Å². The number of ether oxygens (including phenoxy) is 1. The highest BCUT2D eigenvalue weighted by Gasteiger charge is 2.12. The third-order valence-electron chi connectivity index (χ3n) is 2.80. The molecule has 0 aliphatic rings. The Morgan fingerprint density at radius 1 is 1.17 bits per heavy atom. The number of hydrogen-bond donors (Lipinski definition) is 1. The molecule has 1 heterocycles. The number of rotatable bonds is 4. The molecule has 1 N–H and O–H groups in total. The first-order valence-corrected chi connectivity index (χ1v) is 6.74. The van der Waals surface area contributed by atoms with E-state index in [-0.39, 0.29) is 6.04 Å². The van der Waals surface area contributed by atoms with Gasteiger partial charge in [-0.1, -0.05) is 12.1 Å². The maximum Gasteiger partial charge on any atom is 0.137 e. The number of pyridine rings is 1. The molecule has 0 fully saturated rings. The predicted octanol–water partition coefficient (Wildman–Crippen LogP) is 3.00. The zero-order chi connectivity index (χ0) is 13.0. The average molecular weight is 354 g/mol. The van der Waals surface area contributed by atoms with Gasteiger partial charge in [-0.05, 0) is 59.0 Å². The molecule has 18 heavy (non-hydrogen) atoms. The zero-order valence-corrected chi connectivity index (χ0v) is 12.5. The Morgan fingerprint density at radius 2 is 1.89 bits per heavy atom. The third kappa shape index (κ3) is 3.00. The molecule has 3 nitrogen and oxygen atoms in total. The first kappa shape index (κ1) is 13.3. The SMILES string of the molecule is CNC(c1ccc(I)cc1)c1cncc(OC)c1. The molecule has 0 saturated heterocycles. The molecule has 4 heteroatoms. The number of hydrogen-bond acceptors (Lipinski definition) is 3. The van der Waals surface area contributed by atoms with Gasteiger partial charge in [-0.3, -0.25) is 4.98 Å². The normalized spacial score (nSPS) is 12.2. The van der Waals surface area contributed by atoms with E-state index in [1.807, 2.05) is 19.3 Å². The van der Waals surface area contributed by atoms with Gasteiger partial charge >= 0.3 is 0 Å². The van der Waals surface area contributed by atoms with Crippen molar-refractivity contribution in [3.05, 3.63) is 57.4 Å². The molecule has 0 radical (unpaired) electrons. The van der Waals surface area contributed by atoms with Gasteiger partial charge < -0.3 is 10.1 Å². The first-order valence-electron chi connectivity index (χ1n) is 5.66. The van der Waals surface area contributed by atoms with Crippen molar-refractivity contribution in [2.45, 2.75) is 6.04 Å². The van der Waals surface area contributed by atoms with Crippen LogP contribution in [-0.2, 0) is 0 Å². The topological polar surface area (TPSA) is 34.2 Å². The molecule has 0 bridgehead atoms. The number of aromatic nitrogens is 1. The average Bonchev–Trinajstić information content (AvgIpc) is 2.42. The van der Waals surface area contributed by atoms with E-state index in [4.69, 9.17) is 4.74 Å². The molecule has 94 valence electrons. The summed E-state index contributed by atoms with van der Waals surface area (Å²) in [5, 5.41) is 3.31. The molecular weight excluding hydrogens is 339 g/mol. The summed E-state index contributed by atoms with van der Waals surface area (Å²) in [4.78, 5) is 4.20. The fraction of sp³-hybridized carbons (Fsp3) is 0.214. The van der Waals surface area contributed by atoms with Crippen molar-refractivity contribution >= 4 is 22.6 Å². The van der Waals surface area contributed by atoms with Crippen LogP contribution in [-0.4, -0.2) is 19.1 Å². The highest BCUT2D eigenvalue weighted by molar-refractivity contribution is 14.1. The predicted molar refractivity (Wildman–Crippen MR) is 80.9 cm³/mol. The van der Waals surface area contributed by atoms with Gasteiger partial charge in [-0.15, -0.1) is 0 Å². The second kappa shape index (κ2) is 6.15. The number of nitrogens with one attached hydrogen (secondary N) is 1. The van der Waals surface area contributed by atoms with E-state index >= 15 is 0 Å². The van der Waals surface area contributed by atoms with Gasteiger partial charge in [0.15, 0.2) is 0 Å². The summed E-state index contributed by atoms with van der Waals surface area (Å²) in [7, 11) is 3.60. The second-order valence-corrected chi connectivity index (χ2v) is 5.18. The van der Waals surface area contributed by atoms with Crippen molar-refractivity contribution < 1.29 is 4.74 Å². The Labute approximate surface area is 121 Å². The minimum atomic E-state index is 0.129. The van der Waals surface area contributed by atoms with Crippen molar-refractivity contribution in [1.82, 2.24) is 10.3 Å². The first-order chi connectivity index (χ1) is 8.74. The highest BCUT2D eigenvalue weighted by Crippen LogP contribution is 2.24. The van der Waals surface area contributed by atoms with Crippen LogP contribution in [0.1, 0.15) is 17.2 Å². The minimum Gasteiger partial charge on any atom is -0.495 e. The van der Waals surface area contributed by atoms with Gasteiger partial charge in [0.1, 0.15) is 5.75 Å². The number of halogens is 1. The van der Waals surface area contributed by atoms with E-state index in [1.54, 1.807) is 13.3 Å². The van der Waals surface area contributed by atoms with Gasteiger partial charge in [-0.25, -0.2) is 0 Å². The summed E-state index contributed by atoms with van der Waals surface area (Å²) >= 11 is 2.31. The van der Waals surface area contributed by atoms with Gasteiger partial charge in [0.05, 0.1) is 19.3 Å². The van der Waals surface area contributed by atoms with Gasteiger partial charge in [-0.2, -0.15) is 0 Å². The van der Waals surface area contributed by atoms with Crippen molar-refractivity contribution in [2.24, 2.45) is 0 Å². The fourth-order valence-electron chi connectivity index (χ4n) is 1.89. The Kier molecular flexibility index (Phi) is 4.54. The lowest BCUT2D eigenvalue weighted by Gasteiger charge is -2.17. The molecule has 0 amide bonds.